The zero-order valence-electron chi connectivity index (χ0n) is 14.7. The standard InChI is InChI=1S/C20H22BrNO3/c1-13(14-4-5-14)22(15-6-8-16(24-2)9-7-15)20(23)18-12-17(25-3)10-11-19(18)21/h6-14H,4-5H2,1-3H3. The molecule has 1 aliphatic carbocycles. The van der Waals surface area contributed by atoms with E-state index in [9.17, 15) is 4.79 Å². The molecule has 1 aliphatic rings. The van der Waals surface area contributed by atoms with Crippen molar-refractivity contribution in [2.24, 2.45) is 5.92 Å². The van der Waals surface area contributed by atoms with Gasteiger partial charge in [-0.3, -0.25) is 4.79 Å². The fraction of sp³-hybridized carbons (Fsp3) is 0.350. The summed E-state index contributed by atoms with van der Waals surface area (Å²) in [4.78, 5) is 15.3. The number of anilines is 1. The molecule has 4 nitrogen and oxygen atoms in total. The van der Waals surface area contributed by atoms with Crippen molar-refractivity contribution in [2.75, 3.05) is 19.1 Å². The van der Waals surface area contributed by atoms with Crippen molar-refractivity contribution in [3.05, 3.63) is 52.5 Å². The van der Waals surface area contributed by atoms with Crippen molar-refractivity contribution in [1.29, 1.82) is 0 Å². The Labute approximate surface area is 156 Å². The highest BCUT2D eigenvalue weighted by molar-refractivity contribution is 9.10. The van der Waals surface area contributed by atoms with Gasteiger partial charge in [0, 0.05) is 16.2 Å². The summed E-state index contributed by atoms with van der Waals surface area (Å²) < 4.78 is 11.3. The number of hydrogen-bond acceptors (Lipinski definition) is 3. The molecule has 132 valence electrons. The second kappa shape index (κ2) is 7.48. The van der Waals surface area contributed by atoms with Crippen LogP contribution < -0.4 is 14.4 Å². The number of carbonyl (C=O) groups is 1. The first-order valence-corrected chi connectivity index (χ1v) is 9.15. The Bertz CT molecular complexity index is 756. The summed E-state index contributed by atoms with van der Waals surface area (Å²) in [5.74, 6) is 1.96. The summed E-state index contributed by atoms with van der Waals surface area (Å²) in [6, 6.07) is 13.2. The van der Waals surface area contributed by atoms with Crippen molar-refractivity contribution < 1.29 is 14.3 Å². The molecule has 5 heteroatoms. The molecule has 0 bridgehead atoms. The van der Waals surface area contributed by atoms with Gasteiger partial charge < -0.3 is 14.4 Å². The van der Waals surface area contributed by atoms with Crippen LogP contribution in [0.5, 0.6) is 11.5 Å². The minimum absolute atomic E-state index is 0.0321. The maximum Gasteiger partial charge on any atom is 0.259 e. The van der Waals surface area contributed by atoms with Crippen molar-refractivity contribution >= 4 is 27.5 Å². The minimum atomic E-state index is -0.0321. The van der Waals surface area contributed by atoms with Crippen LogP contribution in [0, 0.1) is 5.92 Å². The Kier molecular flexibility index (Phi) is 5.33. The number of amides is 1. The summed E-state index contributed by atoms with van der Waals surface area (Å²) in [5.41, 5.74) is 1.47. The molecule has 1 amide bonds. The topological polar surface area (TPSA) is 38.8 Å². The summed E-state index contributed by atoms with van der Waals surface area (Å²) >= 11 is 3.50. The molecule has 0 aromatic heterocycles. The summed E-state index contributed by atoms with van der Waals surface area (Å²) in [6.45, 7) is 2.12. The van der Waals surface area contributed by atoms with Gasteiger partial charge in [-0.2, -0.15) is 0 Å². The molecule has 0 heterocycles. The molecule has 1 saturated carbocycles. The maximum atomic E-state index is 13.4. The van der Waals surface area contributed by atoms with Gasteiger partial charge in [0.25, 0.3) is 5.91 Å². The molecule has 25 heavy (non-hydrogen) atoms. The molecule has 0 spiro atoms. The van der Waals surface area contributed by atoms with Crippen LogP contribution >= 0.6 is 15.9 Å². The lowest BCUT2D eigenvalue weighted by Crippen LogP contribution is -2.40. The van der Waals surface area contributed by atoms with Gasteiger partial charge in [0.15, 0.2) is 0 Å². The normalized spacial score (nSPS) is 14.7. The SMILES string of the molecule is COc1ccc(N(C(=O)c2cc(OC)ccc2Br)C(C)C2CC2)cc1. The third-order valence-electron chi connectivity index (χ3n) is 4.68. The van der Waals surface area contributed by atoms with Crippen LogP contribution in [0.4, 0.5) is 5.69 Å². The number of carbonyl (C=O) groups excluding carboxylic acids is 1. The van der Waals surface area contributed by atoms with Crippen LogP contribution in [0.1, 0.15) is 30.1 Å². The van der Waals surface area contributed by atoms with Crippen molar-refractivity contribution in [3.63, 3.8) is 0 Å². The Morgan fingerprint density at radius 2 is 1.68 bits per heavy atom. The van der Waals surface area contributed by atoms with Crippen LogP contribution in [0.15, 0.2) is 46.9 Å². The zero-order valence-corrected chi connectivity index (χ0v) is 16.2. The molecule has 2 aromatic rings. The average molecular weight is 404 g/mol. The Morgan fingerprint density at radius 1 is 1.08 bits per heavy atom. The fourth-order valence-electron chi connectivity index (χ4n) is 2.99. The highest BCUT2D eigenvalue weighted by Gasteiger charge is 2.36. The second-order valence-corrected chi connectivity index (χ2v) is 7.15. The molecule has 0 radical (unpaired) electrons. The van der Waals surface area contributed by atoms with Gasteiger partial charge in [-0.05, 0) is 84.1 Å². The van der Waals surface area contributed by atoms with Crippen molar-refractivity contribution in [2.45, 2.75) is 25.8 Å². The molecule has 0 aliphatic heterocycles. The molecule has 3 rings (SSSR count). The maximum absolute atomic E-state index is 13.4. The number of ether oxygens (including phenoxy) is 2. The van der Waals surface area contributed by atoms with Gasteiger partial charge >= 0.3 is 0 Å². The lowest BCUT2D eigenvalue weighted by molar-refractivity contribution is 0.0974. The predicted molar refractivity (Wildman–Crippen MR) is 103 cm³/mol. The monoisotopic (exact) mass is 403 g/mol. The number of halogens is 1. The first-order valence-electron chi connectivity index (χ1n) is 8.36. The Morgan fingerprint density at radius 3 is 2.24 bits per heavy atom. The highest BCUT2D eigenvalue weighted by Crippen LogP contribution is 2.38. The van der Waals surface area contributed by atoms with Crippen LogP contribution in [0.2, 0.25) is 0 Å². The van der Waals surface area contributed by atoms with Crippen molar-refractivity contribution in [1.82, 2.24) is 0 Å². The van der Waals surface area contributed by atoms with Crippen LogP contribution in [-0.2, 0) is 0 Å². The van der Waals surface area contributed by atoms with E-state index in [4.69, 9.17) is 9.47 Å². The molecule has 1 unspecified atom stereocenters. The van der Waals surface area contributed by atoms with Gasteiger partial charge in [0.2, 0.25) is 0 Å². The molecule has 0 N–H and O–H groups in total. The third-order valence-corrected chi connectivity index (χ3v) is 5.38. The van der Waals surface area contributed by atoms with Gasteiger partial charge in [-0.15, -0.1) is 0 Å². The largest absolute Gasteiger partial charge is 0.497 e. The van der Waals surface area contributed by atoms with Crippen LogP contribution in [-0.4, -0.2) is 26.2 Å². The number of hydrogen-bond donors (Lipinski definition) is 0. The average Bonchev–Trinajstić information content (AvgIpc) is 3.48. The molecular formula is C20H22BrNO3. The van der Waals surface area contributed by atoms with E-state index < -0.39 is 0 Å². The predicted octanol–water partition coefficient (Wildman–Crippen LogP) is 4.91. The van der Waals surface area contributed by atoms with Gasteiger partial charge in [-0.25, -0.2) is 0 Å². The molecular weight excluding hydrogens is 382 g/mol. The van der Waals surface area contributed by atoms with Gasteiger partial charge in [-0.1, -0.05) is 0 Å². The lowest BCUT2D eigenvalue weighted by atomic mass is 10.1. The summed E-state index contributed by atoms with van der Waals surface area (Å²) in [7, 11) is 3.24. The Balaban J connectivity index is 2.00. The van der Waals surface area contributed by atoms with Crippen molar-refractivity contribution in [3.8, 4) is 11.5 Å². The first-order chi connectivity index (χ1) is 12.0. The third kappa shape index (κ3) is 3.82. The van der Waals surface area contributed by atoms with E-state index in [0.717, 1.165) is 15.9 Å². The number of nitrogens with zero attached hydrogens (tertiary/aromatic N) is 1. The lowest BCUT2D eigenvalue weighted by Gasteiger charge is -2.30. The van der Waals surface area contributed by atoms with Crippen LogP contribution in [0.3, 0.4) is 0 Å². The molecule has 2 aromatic carbocycles. The smallest absolute Gasteiger partial charge is 0.259 e. The molecule has 1 atom stereocenters. The highest BCUT2D eigenvalue weighted by atomic mass is 79.9. The second-order valence-electron chi connectivity index (χ2n) is 6.30. The van der Waals surface area contributed by atoms with E-state index in [2.05, 4.69) is 22.9 Å². The fourth-order valence-corrected chi connectivity index (χ4v) is 3.41. The summed E-state index contributed by atoms with van der Waals surface area (Å²) in [5, 5.41) is 0. The van der Waals surface area contributed by atoms with Crippen LogP contribution in [0.25, 0.3) is 0 Å². The van der Waals surface area contributed by atoms with E-state index in [1.54, 1.807) is 20.3 Å². The van der Waals surface area contributed by atoms with Gasteiger partial charge in [0.1, 0.15) is 11.5 Å². The molecule has 0 saturated heterocycles. The summed E-state index contributed by atoms with van der Waals surface area (Å²) in [6.07, 6.45) is 2.33. The van der Waals surface area contributed by atoms with E-state index in [0.29, 0.717) is 17.2 Å². The minimum Gasteiger partial charge on any atom is -0.497 e. The van der Waals surface area contributed by atoms with E-state index in [-0.39, 0.29) is 11.9 Å². The zero-order chi connectivity index (χ0) is 18.0. The number of benzene rings is 2. The van der Waals surface area contributed by atoms with Gasteiger partial charge in [0.05, 0.1) is 19.8 Å². The quantitative estimate of drug-likeness (QED) is 0.687. The van der Waals surface area contributed by atoms with E-state index in [1.807, 2.05) is 41.3 Å². The molecule has 1 fully saturated rings. The first kappa shape index (κ1) is 17.8. The number of rotatable bonds is 6. The Hall–Kier alpha value is -2.01. The number of methoxy groups -OCH3 is 2. The van der Waals surface area contributed by atoms with E-state index in [1.165, 1.54) is 12.8 Å². The van der Waals surface area contributed by atoms with E-state index >= 15 is 0 Å².